The SMILES string of the molecule is CCOC(=O)c1ncc(OC)c(C(F)F)c1I. The van der Waals surface area contributed by atoms with E-state index in [4.69, 9.17) is 9.47 Å². The van der Waals surface area contributed by atoms with Crippen LogP contribution in [0.2, 0.25) is 0 Å². The lowest BCUT2D eigenvalue weighted by atomic mass is 10.2. The van der Waals surface area contributed by atoms with E-state index < -0.39 is 12.4 Å². The van der Waals surface area contributed by atoms with Gasteiger partial charge in [0.2, 0.25) is 0 Å². The van der Waals surface area contributed by atoms with Crippen LogP contribution in [0.15, 0.2) is 6.20 Å². The van der Waals surface area contributed by atoms with Crippen LogP contribution in [0.1, 0.15) is 29.4 Å². The minimum absolute atomic E-state index is 0.0440. The number of alkyl halides is 2. The summed E-state index contributed by atoms with van der Waals surface area (Å²) < 4.78 is 35.2. The molecule has 94 valence electrons. The van der Waals surface area contributed by atoms with Gasteiger partial charge in [0, 0.05) is 0 Å². The molecule has 0 spiro atoms. The van der Waals surface area contributed by atoms with E-state index in [9.17, 15) is 13.6 Å². The number of ether oxygens (including phenoxy) is 2. The zero-order valence-corrected chi connectivity index (χ0v) is 11.3. The van der Waals surface area contributed by atoms with Gasteiger partial charge in [-0.25, -0.2) is 18.6 Å². The topological polar surface area (TPSA) is 48.4 Å². The summed E-state index contributed by atoms with van der Waals surface area (Å²) >= 11 is 1.64. The van der Waals surface area contributed by atoms with Gasteiger partial charge >= 0.3 is 5.97 Å². The Morgan fingerprint density at radius 2 is 2.24 bits per heavy atom. The van der Waals surface area contributed by atoms with Crippen molar-refractivity contribution in [2.75, 3.05) is 13.7 Å². The van der Waals surface area contributed by atoms with Gasteiger partial charge in [0.05, 0.1) is 29.0 Å². The Morgan fingerprint density at radius 3 is 2.71 bits per heavy atom. The molecule has 0 bridgehead atoms. The zero-order chi connectivity index (χ0) is 13.0. The molecule has 7 heteroatoms. The van der Waals surface area contributed by atoms with Crippen molar-refractivity contribution in [1.29, 1.82) is 0 Å². The molecule has 0 saturated heterocycles. The van der Waals surface area contributed by atoms with Crippen LogP contribution < -0.4 is 4.74 Å². The molecule has 1 heterocycles. The van der Waals surface area contributed by atoms with E-state index in [1.165, 1.54) is 7.11 Å². The highest BCUT2D eigenvalue weighted by Crippen LogP contribution is 2.33. The van der Waals surface area contributed by atoms with Crippen molar-refractivity contribution in [2.24, 2.45) is 0 Å². The number of hydrogen-bond donors (Lipinski definition) is 0. The van der Waals surface area contributed by atoms with E-state index in [0.717, 1.165) is 6.20 Å². The third-order valence-corrected chi connectivity index (χ3v) is 3.02. The fourth-order valence-electron chi connectivity index (χ4n) is 1.19. The zero-order valence-electron chi connectivity index (χ0n) is 9.17. The first-order valence-corrected chi connectivity index (χ1v) is 5.78. The lowest BCUT2D eigenvalue weighted by Crippen LogP contribution is -2.12. The van der Waals surface area contributed by atoms with E-state index in [1.807, 2.05) is 0 Å². The molecule has 0 aliphatic carbocycles. The van der Waals surface area contributed by atoms with Crippen LogP contribution in [0.3, 0.4) is 0 Å². The molecular formula is C10H10F2INO3. The third-order valence-electron chi connectivity index (χ3n) is 1.93. The molecule has 0 atom stereocenters. The molecule has 0 saturated carbocycles. The van der Waals surface area contributed by atoms with Gasteiger partial charge in [0.1, 0.15) is 5.75 Å². The van der Waals surface area contributed by atoms with Crippen LogP contribution in [-0.4, -0.2) is 24.7 Å². The van der Waals surface area contributed by atoms with Crippen molar-refractivity contribution in [3.8, 4) is 5.75 Å². The molecule has 0 fully saturated rings. The van der Waals surface area contributed by atoms with E-state index in [-0.39, 0.29) is 27.2 Å². The Morgan fingerprint density at radius 1 is 1.59 bits per heavy atom. The number of nitrogens with zero attached hydrogens (tertiary/aromatic N) is 1. The average molecular weight is 357 g/mol. The first-order chi connectivity index (χ1) is 8.02. The second-order valence-corrected chi connectivity index (χ2v) is 4.00. The molecule has 0 unspecified atom stereocenters. The van der Waals surface area contributed by atoms with Gasteiger partial charge in [-0.05, 0) is 29.5 Å². The molecule has 17 heavy (non-hydrogen) atoms. The highest BCUT2D eigenvalue weighted by molar-refractivity contribution is 14.1. The van der Waals surface area contributed by atoms with Crippen LogP contribution in [-0.2, 0) is 4.74 Å². The first-order valence-electron chi connectivity index (χ1n) is 4.70. The predicted molar refractivity (Wildman–Crippen MR) is 64.4 cm³/mol. The molecule has 0 radical (unpaired) electrons. The summed E-state index contributed by atoms with van der Waals surface area (Å²) in [5.41, 5.74) is -0.463. The van der Waals surface area contributed by atoms with Gasteiger partial charge in [-0.15, -0.1) is 0 Å². The fraction of sp³-hybridized carbons (Fsp3) is 0.400. The fourth-order valence-corrected chi connectivity index (χ4v) is 2.05. The summed E-state index contributed by atoms with van der Waals surface area (Å²) in [5, 5.41) is 0. The van der Waals surface area contributed by atoms with Crippen LogP contribution in [0.4, 0.5) is 8.78 Å². The van der Waals surface area contributed by atoms with Crippen LogP contribution in [0.5, 0.6) is 5.75 Å². The minimum Gasteiger partial charge on any atom is -0.495 e. The van der Waals surface area contributed by atoms with Gasteiger partial charge in [0.25, 0.3) is 6.43 Å². The van der Waals surface area contributed by atoms with Crippen molar-refractivity contribution in [3.63, 3.8) is 0 Å². The predicted octanol–water partition coefficient (Wildman–Crippen LogP) is 2.81. The molecule has 0 aliphatic heterocycles. The average Bonchev–Trinajstić information content (AvgIpc) is 2.27. The second kappa shape index (κ2) is 6.08. The molecule has 4 nitrogen and oxygen atoms in total. The van der Waals surface area contributed by atoms with Crippen LogP contribution >= 0.6 is 22.6 Å². The highest BCUT2D eigenvalue weighted by Gasteiger charge is 2.24. The molecule has 0 aliphatic rings. The number of hydrogen-bond acceptors (Lipinski definition) is 4. The van der Waals surface area contributed by atoms with Crippen LogP contribution in [0.25, 0.3) is 0 Å². The van der Waals surface area contributed by atoms with Crippen molar-refractivity contribution in [2.45, 2.75) is 13.3 Å². The highest BCUT2D eigenvalue weighted by atomic mass is 127. The van der Waals surface area contributed by atoms with Gasteiger partial charge in [0.15, 0.2) is 5.69 Å². The summed E-state index contributed by atoms with van der Waals surface area (Å²) in [6.07, 6.45) is -1.65. The third kappa shape index (κ3) is 3.02. The maximum Gasteiger partial charge on any atom is 0.358 e. The number of rotatable bonds is 4. The number of aromatic nitrogens is 1. The summed E-state index contributed by atoms with van der Waals surface area (Å²) in [7, 11) is 1.27. The molecular weight excluding hydrogens is 347 g/mol. The van der Waals surface area contributed by atoms with Gasteiger partial charge < -0.3 is 9.47 Å². The quantitative estimate of drug-likeness (QED) is 0.614. The van der Waals surface area contributed by atoms with Gasteiger partial charge in [-0.3, -0.25) is 0 Å². The Balaban J connectivity index is 3.27. The summed E-state index contributed by atoms with van der Waals surface area (Å²) in [6, 6.07) is 0. The molecule has 1 aromatic rings. The van der Waals surface area contributed by atoms with E-state index in [0.29, 0.717) is 0 Å². The molecule has 0 amide bonds. The Hall–Kier alpha value is -0.990. The van der Waals surface area contributed by atoms with Crippen molar-refractivity contribution in [3.05, 3.63) is 21.0 Å². The lowest BCUT2D eigenvalue weighted by molar-refractivity contribution is 0.0517. The van der Waals surface area contributed by atoms with Crippen LogP contribution in [0, 0.1) is 3.57 Å². The monoisotopic (exact) mass is 357 g/mol. The first kappa shape index (κ1) is 14.1. The van der Waals surface area contributed by atoms with E-state index >= 15 is 0 Å². The summed E-state index contributed by atoms with van der Waals surface area (Å²) in [6.45, 7) is 1.79. The van der Waals surface area contributed by atoms with Gasteiger partial charge in [-0.1, -0.05) is 0 Å². The molecule has 1 rings (SSSR count). The Kier molecular flexibility index (Phi) is 5.03. The molecule has 1 aromatic heterocycles. The summed E-state index contributed by atoms with van der Waals surface area (Å²) in [4.78, 5) is 15.2. The van der Waals surface area contributed by atoms with E-state index in [2.05, 4.69) is 4.98 Å². The number of esters is 1. The largest absolute Gasteiger partial charge is 0.495 e. The normalized spacial score (nSPS) is 10.5. The number of pyridine rings is 1. The van der Waals surface area contributed by atoms with E-state index in [1.54, 1.807) is 29.5 Å². The van der Waals surface area contributed by atoms with Crippen molar-refractivity contribution < 1.29 is 23.0 Å². The number of methoxy groups -OCH3 is 1. The Labute approximate surface area is 110 Å². The standard InChI is InChI=1S/C10H10F2INO3/c1-3-17-10(15)8-7(13)6(9(11)12)5(16-2)4-14-8/h4,9H,3H2,1-2H3. The Bertz CT molecular complexity index is 426. The van der Waals surface area contributed by atoms with Crippen molar-refractivity contribution in [1.82, 2.24) is 4.98 Å². The molecule has 0 N–H and O–H groups in total. The molecule has 0 aromatic carbocycles. The lowest BCUT2D eigenvalue weighted by Gasteiger charge is -2.11. The minimum atomic E-state index is -2.74. The van der Waals surface area contributed by atoms with Crippen molar-refractivity contribution >= 4 is 28.6 Å². The number of halogens is 3. The second-order valence-electron chi connectivity index (χ2n) is 2.92. The number of carbonyl (C=O) groups excluding carboxylic acids is 1. The number of carbonyl (C=O) groups is 1. The maximum atomic E-state index is 12.8. The maximum absolute atomic E-state index is 12.8. The smallest absolute Gasteiger partial charge is 0.358 e. The summed E-state index contributed by atoms with van der Waals surface area (Å²) in [5.74, 6) is -0.765. The van der Waals surface area contributed by atoms with Gasteiger partial charge in [-0.2, -0.15) is 0 Å².